The van der Waals surface area contributed by atoms with Gasteiger partial charge < -0.3 is 5.11 Å². The second kappa shape index (κ2) is 7.42. The summed E-state index contributed by atoms with van der Waals surface area (Å²) in [4.78, 5) is 12.3. The van der Waals surface area contributed by atoms with E-state index in [4.69, 9.17) is 0 Å². The van der Waals surface area contributed by atoms with Crippen LogP contribution in [0.1, 0.15) is 83.5 Å². The number of Topliss-reactive ketones (excluding diaryl/α,β-unsaturated/α-hetero) is 1. The molecule has 0 aromatic rings. The zero-order chi connectivity index (χ0) is 13.6. The Labute approximate surface area is 118 Å². The summed E-state index contributed by atoms with van der Waals surface area (Å²) in [5, 5.41) is 9.95. The zero-order valence-electron chi connectivity index (χ0n) is 12.3. The van der Waals surface area contributed by atoms with Gasteiger partial charge in [0.2, 0.25) is 0 Å². The molecule has 0 radical (unpaired) electrons. The summed E-state index contributed by atoms with van der Waals surface area (Å²) in [5.41, 5.74) is -0.0610. The van der Waals surface area contributed by atoms with Crippen molar-refractivity contribution in [3.63, 3.8) is 0 Å². The smallest absolute Gasteiger partial charge is 0.136 e. The van der Waals surface area contributed by atoms with Crippen molar-refractivity contribution in [1.29, 1.82) is 0 Å². The van der Waals surface area contributed by atoms with E-state index in [9.17, 15) is 9.90 Å². The van der Waals surface area contributed by atoms with Gasteiger partial charge in [-0.25, -0.2) is 0 Å². The van der Waals surface area contributed by atoms with E-state index >= 15 is 0 Å². The Balaban J connectivity index is 2.06. The third kappa shape index (κ3) is 3.81. The van der Waals surface area contributed by atoms with Gasteiger partial charge in [0.1, 0.15) is 5.78 Å². The van der Waals surface area contributed by atoms with Crippen LogP contribution in [0.2, 0.25) is 0 Å². The van der Waals surface area contributed by atoms with Crippen LogP contribution in [0, 0.1) is 11.3 Å². The van der Waals surface area contributed by atoms with Gasteiger partial charge in [-0.05, 0) is 25.7 Å². The van der Waals surface area contributed by atoms with Gasteiger partial charge in [-0.2, -0.15) is 0 Å². The number of aliphatic hydroxyl groups excluding tert-OH is 1. The number of carbonyl (C=O) groups is 1. The highest BCUT2D eigenvalue weighted by Crippen LogP contribution is 2.45. The number of aliphatic hydroxyl groups is 1. The highest BCUT2D eigenvalue weighted by Gasteiger charge is 2.43. The van der Waals surface area contributed by atoms with Gasteiger partial charge in [0.15, 0.2) is 0 Å². The number of hydrogen-bond acceptors (Lipinski definition) is 2. The minimum absolute atomic E-state index is 0.0610. The summed E-state index contributed by atoms with van der Waals surface area (Å²) in [6, 6.07) is 0. The maximum atomic E-state index is 12.3. The lowest BCUT2D eigenvalue weighted by molar-refractivity contribution is -0.134. The molecule has 0 saturated heterocycles. The van der Waals surface area contributed by atoms with Crippen molar-refractivity contribution in [2.45, 2.75) is 83.5 Å². The monoisotopic (exact) mass is 266 g/mol. The van der Waals surface area contributed by atoms with Gasteiger partial charge in [0.05, 0.1) is 0 Å². The standard InChI is InChI=1S/C17H30O2/c18-14-17-12-8-6-4-2-1-3-5-7-10-15(17)16(19)11-9-13-17/h15,18H,1-14H2. The summed E-state index contributed by atoms with van der Waals surface area (Å²) >= 11 is 0. The topological polar surface area (TPSA) is 37.3 Å². The number of ketones is 1. The van der Waals surface area contributed by atoms with Crippen LogP contribution >= 0.6 is 0 Å². The molecule has 2 aliphatic carbocycles. The van der Waals surface area contributed by atoms with Gasteiger partial charge in [-0.1, -0.05) is 51.4 Å². The first kappa shape index (κ1) is 15.0. The summed E-state index contributed by atoms with van der Waals surface area (Å²) < 4.78 is 0. The van der Waals surface area contributed by atoms with Crippen molar-refractivity contribution in [3.05, 3.63) is 0 Å². The van der Waals surface area contributed by atoms with Crippen molar-refractivity contribution < 1.29 is 9.90 Å². The minimum Gasteiger partial charge on any atom is -0.396 e. The molecule has 1 N–H and O–H groups in total. The first-order valence-corrected chi connectivity index (χ1v) is 8.42. The van der Waals surface area contributed by atoms with E-state index in [0.29, 0.717) is 5.78 Å². The van der Waals surface area contributed by atoms with Crippen molar-refractivity contribution in [2.24, 2.45) is 11.3 Å². The number of carbonyl (C=O) groups excluding carboxylic acids is 1. The molecule has 110 valence electrons. The quantitative estimate of drug-likeness (QED) is 0.770. The van der Waals surface area contributed by atoms with E-state index in [2.05, 4.69) is 0 Å². The van der Waals surface area contributed by atoms with Crippen LogP contribution in [0.5, 0.6) is 0 Å². The number of rotatable bonds is 1. The van der Waals surface area contributed by atoms with Crippen LogP contribution in [-0.2, 0) is 4.79 Å². The molecule has 0 heterocycles. The highest BCUT2D eigenvalue weighted by molar-refractivity contribution is 5.82. The van der Waals surface area contributed by atoms with Gasteiger partial charge in [0.25, 0.3) is 0 Å². The molecule has 2 rings (SSSR count). The zero-order valence-corrected chi connectivity index (χ0v) is 12.3. The predicted molar refractivity (Wildman–Crippen MR) is 78.0 cm³/mol. The van der Waals surface area contributed by atoms with E-state index in [1.165, 1.54) is 51.4 Å². The fourth-order valence-corrected chi connectivity index (χ4v) is 4.23. The fraction of sp³-hybridized carbons (Fsp3) is 0.941. The van der Waals surface area contributed by atoms with Crippen molar-refractivity contribution in [3.8, 4) is 0 Å². The third-order valence-corrected chi connectivity index (χ3v) is 5.46. The van der Waals surface area contributed by atoms with E-state index in [1.54, 1.807) is 0 Å². The van der Waals surface area contributed by atoms with E-state index < -0.39 is 0 Å². The summed E-state index contributed by atoms with van der Waals surface area (Å²) in [6.07, 6.45) is 15.2. The molecule has 2 saturated carbocycles. The first-order chi connectivity index (χ1) is 9.28. The van der Waals surface area contributed by atoms with Crippen LogP contribution in [0.25, 0.3) is 0 Å². The Morgan fingerprint density at radius 2 is 1.47 bits per heavy atom. The van der Waals surface area contributed by atoms with Crippen LogP contribution in [0.15, 0.2) is 0 Å². The van der Waals surface area contributed by atoms with Crippen molar-refractivity contribution in [1.82, 2.24) is 0 Å². The Hall–Kier alpha value is -0.370. The molecule has 0 spiro atoms. The van der Waals surface area contributed by atoms with Gasteiger partial charge >= 0.3 is 0 Å². The average molecular weight is 266 g/mol. The van der Waals surface area contributed by atoms with Gasteiger partial charge in [-0.3, -0.25) is 4.79 Å². The minimum atomic E-state index is -0.0610. The summed E-state index contributed by atoms with van der Waals surface area (Å²) in [6.45, 7) is 0.226. The molecule has 0 aromatic heterocycles. The van der Waals surface area contributed by atoms with E-state index in [-0.39, 0.29) is 17.9 Å². The number of fused-ring (bicyclic) bond motifs is 1. The molecule has 2 nitrogen and oxygen atoms in total. The normalized spacial score (nSPS) is 35.0. The van der Waals surface area contributed by atoms with Crippen LogP contribution in [-0.4, -0.2) is 17.5 Å². The lowest BCUT2D eigenvalue weighted by Gasteiger charge is -2.42. The molecule has 19 heavy (non-hydrogen) atoms. The molecule has 2 atom stereocenters. The molecule has 0 bridgehead atoms. The molecule has 0 aromatic carbocycles. The molecular formula is C17H30O2. The largest absolute Gasteiger partial charge is 0.396 e. The molecule has 2 unspecified atom stereocenters. The Kier molecular flexibility index (Phi) is 5.87. The highest BCUT2D eigenvalue weighted by atomic mass is 16.3. The fourth-order valence-electron chi connectivity index (χ4n) is 4.23. The Morgan fingerprint density at radius 3 is 2.16 bits per heavy atom. The molecule has 2 fully saturated rings. The van der Waals surface area contributed by atoms with E-state index in [1.807, 2.05) is 0 Å². The Bertz CT molecular complexity index is 287. The van der Waals surface area contributed by atoms with Crippen molar-refractivity contribution in [2.75, 3.05) is 6.61 Å². The molecule has 0 aliphatic heterocycles. The predicted octanol–water partition coefficient (Wildman–Crippen LogP) is 4.25. The average Bonchev–Trinajstić information content (AvgIpc) is 2.41. The second-order valence-electron chi connectivity index (χ2n) is 6.76. The lowest BCUT2D eigenvalue weighted by atomic mass is 9.62. The third-order valence-electron chi connectivity index (χ3n) is 5.46. The van der Waals surface area contributed by atoms with Gasteiger partial charge in [-0.15, -0.1) is 0 Å². The van der Waals surface area contributed by atoms with Crippen LogP contribution < -0.4 is 0 Å². The second-order valence-corrected chi connectivity index (χ2v) is 6.76. The first-order valence-electron chi connectivity index (χ1n) is 8.42. The van der Waals surface area contributed by atoms with Gasteiger partial charge in [0, 0.05) is 24.4 Å². The number of hydrogen-bond donors (Lipinski definition) is 1. The SMILES string of the molecule is O=C1CCCC2(CO)CCCCCCCCCCC12. The lowest BCUT2D eigenvalue weighted by Crippen LogP contribution is -2.42. The molecule has 2 aliphatic rings. The summed E-state index contributed by atoms with van der Waals surface area (Å²) in [5.74, 6) is 0.600. The summed E-state index contributed by atoms with van der Waals surface area (Å²) in [7, 11) is 0. The van der Waals surface area contributed by atoms with E-state index in [0.717, 1.165) is 32.1 Å². The maximum absolute atomic E-state index is 12.3. The molecular weight excluding hydrogens is 236 g/mol. The molecule has 2 heteroatoms. The molecule has 0 amide bonds. The van der Waals surface area contributed by atoms with Crippen LogP contribution in [0.3, 0.4) is 0 Å². The van der Waals surface area contributed by atoms with Crippen LogP contribution in [0.4, 0.5) is 0 Å². The van der Waals surface area contributed by atoms with Crippen molar-refractivity contribution >= 4 is 5.78 Å². The maximum Gasteiger partial charge on any atom is 0.136 e. The Morgan fingerprint density at radius 1 is 0.895 bits per heavy atom.